The topological polar surface area (TPSA) is 76.8 Å². The fraction of sp³-hybridized carbons (Fsp3) is 0.476. The minimum Gasteiger partial charge on any atom is -0.353 e. The number of aromatic nitrogens is 5. The highest BCUT2D eigenvalue weighted by Gasteiger charge is 2.30. The molecule has 1 fully saturated rings. The summed E-state index contributed by atoms with van der Waals surface area (Å²) in [6, 6.07) is 7.71. The number of fused-ring (bicyclic) bond motifs is 1. The highest BCUT2D eigenvalue weighted by Crippen LogP contribution is 2.32. The average molecular weight is 445 g/mol. The van der Waals surface area contributed by atoms with Gasteiger partial charge in [0.15, 0.2) is 22.1 Å². The fourth-order valence-electron chi connectivity index (χ4n) is 3.54. The molecule has 0 aliphatic carbocycles. The van der Waals surface area contributed by atoms with Gasteiger partial charge in [0.2, 0.25) is 0 Å². The number of halogens is 1. The Balaban J connectivity index is 1.76. The predicted octanol–water partition coefficient (Wildman–Crippen LogP) is 4.08. The lowest BCUT2D eigenvalue weighted by molar-refractivity contribution is -0.109. The second-order valence-electron chi connectivity index (χ2n) is 8.60. The van der Waals surface area contributed by atoms with Crippen molar-refractivity contribution < 1.29 is 4.79 Å². The summed E-state index contributed by atoms with van der Waals surface area (Å²) in [7, 11) is 0. The zero-order chi connectivity index (χ0) is 21.5. The third-order valence-corrected chi connectivity index (χ3v) is 6.49. The van der Waals surface area contributed by atoms with Gasteiger partial charge in [-0.2, -0.15) is 0 Å². The Bertz CT molecular complexity index is 1090. The van der Waals surface area contributed by atoms with E-state index in [0.29, 0.717) is 22.7 Å². The van der Waals surface area contributed by atoms with Crippen molar-refractivity contribution in [1.82, 2.24) is 25.0 Å². The number of anilines is 1. The van der Waals surface area contributed by atoms with E-state index in [1.54, 1.807) is 11.6 Å². The van der Waals surface area contributed by atoms with E-state index in [1.165, 1.54) is 11.8 Å². The van der Waals surface area contributed by atoms with Crippen LogP contribution in [0.3, 0.4) is 0 Å². The lowest BCUT2D eigenvalue weighted by Crippen LogP contribution is -2.25. The summed E-state index contributed by atoms with van der Waals surface area (Å²) < 4.78 is 1.79. The molecule has 1 aromatic carbocycles. The maximum absolute atomic E-state index is 11.5. The van der Waals surface area contributed by atoms with Crippen molar-refractivity contribution >= 4 is 45.5 Å². The lowest BCUT2D eigenvalue weighted by Gasteiger charge is -2.22. The summed E-state index contributed by atoms with van der Waals surface area (Å²) in [5.74, 6) is 1.54. The monoisotopic (exact) mass is 444 g/mol. The molecule has 7 nitrogen and oxygen atoms in total. The quantitative estimate of drug-likeness (QED) is 0.600. The third kappa shape index (κ3) is 4.30. The molecule has 0 saturated carbocycles. The van der Waals surface area contributed by atoms with Gasteiger partial charge in [0.25, 0.3) is 0 Å². The third-order valence-electron chi connectivity index (χ3n) is 5.07. The molecule has 4 rings (SSSR count). The maximum atomic E-state index is 11.5. The second kappa shape index (κ2) is 8.15. The van der Waals surface area contributed by atoms with Gasteiger partial charge in [-0.15, -0.1) is 5.10 Å². The molecule has 1 aliphatic heterocycles. The average Bonchev–Trinajstić information content (AvgIpc) is 3.29. The van der Waals surface area contributed by atoms with E-state index in [4.69, 9.17) is 21.6 Å². The molecule has 9 heteroatoms. The van der Waals surface area contributed by atoms with Gasteiger partial charge >= 0.3 is 0 Å². The predicted molar refractivity (Wildman–Crippen MR) is 121 cm³/mol. The van der Waals surface area contributed by atoms with E-state index in [0.717, 1.165) is 36.7 Å². The Hall–Kier alpha value is -2.19. The van der Waals surface area contributed by atoms with Crippen molar-refractivity contribution in [3.8, 4) is 0 Å². The number of carbonyl (C=O) groups is 1. The van der Waals surface area contributed by atoms with Crippen molar-refractivity contribution in [3.05, 3.63) is 40.7 Å². The smallest absolute Gasteiger partial charge is 0.186 e. The van der Waals surface area contributed by atoms with E-state index >= 15 is 0 Å². The van der Waals surface area contributed by atoms with Crippen LogP contribution in [0.5, 0.6) is 0 Å². The Morgan fingerprint density at radius 2 is 2.03 bits per heavy atom. The molecule has 3 heterocycles. The van der Waals surface area contributed by atoms with Crippen molar-refractivity contribution in [3.63, 3.8) is 0 Å². The first kappa shape index (κ1) is 21.1. The molecule has 0 spiro atoms. The summed E-state index contributed by atoms with van der Waals surface area (Å²) in [6.07, 6.45) is 0.939. The van der Waals surface area contributed by atoms with Crippen LogP contribution in [-0.4, -0.2) is 48.4 Å². The number of carbonyl (C=O) groups excluding carboxylic acids is 1. The van der Waals surface area contributed by atoms with Crippen molar-refractivity contribution in [2.24, 2.45) is 0 Å². The van der Waals surface area contributed by atoms with Crippen LogP contribution in [0.2, 0.25) is 5.02 Å². The first-order valence-corrected chi connectivity index (χ1v) is 11.3. The van der Waals surface area contributed by atoms with Crippen LogP contribution in [-0.2, 0) is 16.8 Å². The summed E-state index contributed by atoms with van der Waals surface area (Å²) in [5.41, 5.74) is 2.12. The molecule has 1 atom stereocenters. The number of hydrogen-bond donors (Lipinski definition) is 0. The maximum Gasteiger partial charge on any atom is 0.186 e. The Labute approximate surface area is 185 Å². The number of benzene rings is 1. The van der Waals surface area contributed by atoms with E-state index in [2.05, 4.69) is 36.0 Å². The highest BCUT2D eigenvalue weighted by atomic mass is 35.5. The van der Waals surface area contributed by atoms with Crippen LogP contribution in [0.15, 0.2) is 24.3 Å². The Kier molecular flexibility index (Phi) is 5.72. The summed E-state index contributed by atoms with van der Waals surface area (Å²) in [5, 5.41) is 9.91. The van der Waals surface area contributed by atoms with E-state index in [9.17, 15) is 4.79 Å². The van der Waals surface area contributed by atoms with Gasteiger partial charge < -0.3 is 4.90 Å². The Morgan fingerprint density at radius 1 is 1.27 bits per heavy atom. The molecule has 158 valence electrons. The lowest BCUT2D eigenvalue weighted by atomic mass is 9.96. The Morgan fingerprint density at radius 3 is 2.73 bits per heavy atom. The standard InChI is InChI=1S/C21H25ClN6OS/c1-13(29)30-15-9-10-27(12-15)18-17-19(24-20(23-18)21(2,3)4)28(26-25-17)11-14-7-5-6-8-16(14)22/h5-8,15H,9-12H2,1-4H3. The zero-order valence-corrected chi connectivity index (χ0v) is 19.2. The van der Waals surface area contributed by atoms with Gasteiger partial charge in [-0.05, 0) is 18.1 Å². The molecular weight excluding hydrogens is 420 g/mol. The molecular formula is C21H25ClN6OS. The summed E-state index contributed by atoms with van der Waals surface area (Å²) in [4.78, 5) is 23.4. The van der Waals surface area contributed by atoms with Crippen molar-refractivity contribution in [2.45, 2.75) is 51.3 Å². The van der Waals surface area contributed by atoms with Crippen LogP contribution < -0.4 is 4.90 Å². The number of hydrogen-bond acceptors (Lipinski definition) is 7. The van der Waals surface area contributed by atoms with Crippen LogP contribution in [0.25, 0.3) is 11.2 Å². The summed E-state index contributed by atoms with van der Waals surface area (Å²) in [6.45, 7) is 9.98. The number of rotatable bonds is 4. The molecule has 2 aromatic heterocycles. The minimum absolute atomic E-state index is 0.149. The second-order valence-corrected chi connectivity index (χ2v) is 10.5. The minimum atomic E-state index is -0.226. The first-order chi connectivity index (χ1) is 14.2. The van der Waals surface area contributed by atoms with Gasteiger partial charge in [-0.25, -0.2) is 14.6 Å². The van der Waals surface area contributed by atoms with E-state index in [1.807, 2.05) is 24.3 Å². The van der Waals surface area contributed by atoms with E-state index in [-0.39, 0.29) is 15.8 Å². The molecule has 0 bridgehead atoms. The molecule has 1 aliphatic rings. The van der Waals surface area contributed by atoms with Gasteiger partial charge in [-0.3, -0.25) is 4.79 Å². The fourth-order valence-corrected chi connectivity index (χ4v) is 4.69. The van der Waals surface area contributed by atoms with Gasteiger partial charge in [0.05, 0.1) is 6.54 Å². The highest BCUT2D eigenvalue weighted by molar-refractivity contribution is 8.14. The van der Waals surface area contributed by atoms with Crippen molar-refractivity contribution in [1.29, 1.82) is 0 Å². The SMILES string of the molecule is CC(=O)SC1CCN(c2nc(C(C)(C)C)nc3c2nnn3Cc2ccccc2Cl)C1. The van der Waals surface area contributed by atoms with Crippen LogP contribution >= 0.6 is 23.4 Å². The normalized spacial score (nSPS) is 17.1. The molecule has 3 aromatic rings. The van der Waals surface area contributed by atoms with Gasteiger partial charge in [0, 0.05) is 35.7 Å². The molecule has 0 amide bonds. The molecule has 1 unspecified atom stereocenters. The van der Waals surface area contributed by atoms with Crippen molar-refractivity contribution in [2.75, 3.05) is 18.0 Å². The number of nitrogens with zero attached hydrogens (tertiary/aromatic N) is 6. The molecule has 30 heavy (non-hydrogen) atoms. The largest absolute Gasteiger partial charge is 0.353 e. The zero-order valence-electron chi connectivity index (χ0n) is 17.6. The first-order valence-electron chi connectivity index (χ1n) is 9.99. The van der Waals surface area contributed by atoms with Crippen LogP contribution in [0.4, 0.5) is 5.82 Å². The number of thioether (sulfide) groups is 1. The molecule has 0 N–H and O–H groups in total. The van der Waals surface area contributed by atoms with Crippen LogP contribution in [0, 0.1) is 0 Å². The van der Waals surface area contributed by atoms with Gasteiger partial charge in [-0.1, -0.05) is 67.5 Å². The van der Waals surface area contributed by atoms with E-state index < -0.39 is 0 Å². The molecule has 1 saturated heterocycles. The van der Waals surface area contributed by atoms with Gasteiger partial charge in [0.1, 0.15) is 5.82 Å². The summed E-state index contributed by atoms with van der Waals surface area (Å²) >= 11 is 7.76. The molecule has 0 radical (unpaired) electrons. The van der Waals surface area contributed by atoms with Crippen LogP contribution in [0.1, 0.15) is 45.5 Å².